The minimum Gasteiger partial charge on any atom is -0.497 e. The molecule has 6 heteroatoms. The largest absolute Gasteiger partial charge is 0.497 e. The van der Waals surface area contributed by atoms with Gasteiger partial charge in [-0.05, 0) is 41.5 Å². The van der Waals surface area contributed by atoms with Gasteiger partial charge in [0.15, 0.2) is 0 Å². The van der Waals surface area contributed by atoms with E-state index in [1.54, 1.807) is 37.7 Å². The van der Waals surface area contributed by atoms with Crippen molar-refractivity contribution < 1.29 is 9.53 Å². The number of anilines is 1. The Bertz CT molecular complexity index is 896. The number of halogens is 1. The number of nitrogens with zero attached hydrogens (tertiary/aromatic N) is 1. The molecule has 0 saturated heterocycles. The van der Waals surface area contributed by atoms with Gasteiger partial charge in [-0.25, -0.2) is 0 Å². The zero-order chi connectivity index (χ0) is 19.1. The molecule has 2 aromatic carbocycles. The number of amides is 1. The minimum absolute atomic E-state index is 0.175. The van der Waals surface area contributed by atoms with Crippen LogP contribution in [0.1, 0.15) is 21.5 Å². The van der Waals surface area contributed by atoms with E-state index in [4.69, 9.17) is 16.3 Å². The number of rotatable bonds is 7. The molecule has 3 rings (SSSR count). The van der Waals surface area contributed by atoms with Crippen LogP contribution in [-0.2, 0) is 13.1 Å². The average Bonchev–Trinajstić information content (AvgIpc) is 2.72. The topological polar surface area (TPSA) is 63.2 Å². The van der Waals surface area contributed by atoms with Crippen molar-refractivity contribution in [2.24, 2.45) is 0 Å². The van der Waals surface area contributed by atoms with Crippen LogP contribution in [0.15, 0.2) is 67.0 Å². The number of pyridine rings is 1. The first kappa shape index (κ1) is 18.7. The lowest BCUT2D eigenvalue weighted by molar-refractivity contribution is 0.0950. The zero-order valence-corrected chi connectivity index (χ0v) is 15.7. The Morgan fingerprint density at radius 2 is 1.67 bits per heavy atom. The summed E-state index contributed by atoms with van der Waals surface area (Å²) < 4.78 is 5.15. The first-order valence-electron chi connectivity index (χ1n) is 8.48. The van der Waals surface area contributed by atoms with E-state index in [1.165, 1.54) is 0 Å². The monoisotopic (exact) mass is 381 g/mol. The van der Waals surface area contributed by atoms with E-state index in [0.717, 1.165) is 22.6 Å². The first-order valence-corrected chi connectivity index (χ1v) is 8.86. The molecule has 138 valence electrons. The van der Waals surface area contributed by atoms with E-state index in [1.807, 2.05) is 36.4 Å². The Kier molecular flexibility index (Phi) is 6.28. The molecule has 0 unspecified atom stereocenters. The molecule has 1 aromatic heterocycles. The summed E-state index contributed by atoms with van der Waals surface area (Å²) in [5, 5.41) is 6.83. The normalized spacial score (nSPS) is 10.3. The standard InChI is InChI=1S/C21H20ClN3O2/c1-27-20-8-4-16(5-9-20)11-24-19-10-17(13-23-14-19)21(26)25-12-15-2-6-18(22)7-3-15/h2-10,13-14,24H,11-12H2,1H3,(H,25,26). The zero-order valence-electron chi connectivity index (χ0n) is 14.9. The summed E-state index contributed by atoms with van der Waals surface area (Å²) in [5.74, 6) is 0.644. The van der Waals surface area contributed by atoms with E-state index in [-0.39, 0.29) is 5.91 Å². The van der Waals surface area contributed by atoms with E-state index in [0.29, 0.717) is 23.7 Å². The molecule has 2 N–H and O–H groups in total. The predicted octanol–water partition coefficient (Wildman–Crippen LogP) is 4.29. The van der Waals surface area contributed by atoms with E-state index >= 15 is 0 Å². The molecule has 0 spiro atoms. The number of carbonyl (C=O) groups excluding carboxylic acids is 1. The number of benzene rings is 2. The van der Waals surface area contributed by atoms with Crippen molar-refractivity contribution in [3.63, 3.8) is 0 Å². The summed E-state index contributed by atoms with van der Waals surface area (Å²) in [6, 6.07) is 17.0. The quantitative estimate of drug-likeness (QED) is 0.641. The minimum atomic E-state index is -0.175. The van der Waals surface area contributed by atoms with Crippen LogP contribution < -0.4 is 15.4 Å². The predicted molar refractivity (Wildman–Crippen MR) is 107 cm³/mol. The number of hydrogen-bond donors (Lipinski definition) is 2. The lowest BCUT2D eigenvalue weighted by Crippen LogP contribution is -2.23. The van der Waals surface area contributed by atoms with Crippen LogP contribution in [0.2, 0.25) is 5.02 Å². The number of methoxy groups -OCH3 is 1. The molecule has 0 fully saturated rings. The highest BCUT2D eigenvalue weighted by atomic mass is 35.5. The molecule has 3 aromatic rings. The maximum Gasteiger partial charge on any atom is 0.253 e. The number of carbonyl (C=O) groups is 1. The number of nitrogens with one attached hydrogen (secondary N) is 2. The molecular weight excluding hydrogens is 362 g/mol. The number of aromatic nitrogens is 1. The molecule has 0 atom stereocenters. The first-order chi connectivity index (χ1) is 13.1. The summed E-state index contributed by atoms with van der Waals surface area (Å²) in [7, 11) is 1.64. The highest BCUT2D eigenvalue weighted by Crippen LogP contribution is 2.14. The smallest absolute Gasteiger partial charge is 0.253 e. The summed E-state index contributed by atoms with van der Waals surface area (Å²) in [6.07, 6.45) is 3.25. The second kappa shape index (κ2) is 9.05. The highest BCUT2D eigenvalue weighted by Gasteiger charge is 2.07. The Morgan fingerprint density at radius 3 is 2.37 bits per heavy atom. The van der Waals surface area contributed by atoms with Gasteiger partial charge in [0, 0.05) is 30.5 Å². The molecule has 0 radical (unpaired) electrons. The van der Waals surface area contributed by atoms with Crippen molar-refractivity contribution in [1.29, 1.82) is 0 Å². The fourth-order valence-corrected chi connectivity index (χ4v) is 2.62. The fourth-order valence-electron chi connectivity index (χ4n) is 2.49. The van der Waals surface area contributed by atoms with Crippen LogP contribution in [0.5, 0.6) is 5.75 Å². The molecule has 27 heavy (non-hydrogen) atoms. The van der Waals surface area contributed by atoms with Gasteiger partial charge in [-0.3, -0.25) is 9.78 Å². The van der Waals surface area contributed by atoms with Gasteiger partial charge in [0.2, 0.25) is 0 Å². The third kappa shape index (κ3) is 5.46. The van der Waals surface area contributed by atoms with Crippen molar-refractivity contribution in [3.8, 4) is 5.75 Å². The molecule has 1 amide bonds. The van der Waals surface area contributed by atoms with Gasteiger partial charge in [-0.1, -0.05) is 35.9 Å². The Hall–Kier alpha value is -3.05. The molecule has 0 aliphatic heterocycles. The van der Waals surface area contributed by atoms with Crippen molar-refractivity contribution in [2.75, 3.05) is 12.4 Å². The van der Waals surface area contributed by atoms with Crippen LogP contribution >= 0.6 is 11.6 Å². The van der Waals surface area contributed by atoms with Gasteiger partial charge in [0.1, 0.15) is 5.75 Å². The van der Waals surface area contributed by atoms with Gasteiger partial charge in [0.25, 0.3) is 5.91 Å². The van der Waals surface area contributed by atoms with Gasteiger partial charge in [-0.15, -0.1) is 0 Å². The Morgan fingerprint density at radius 1 is 1.00 bits per heavy atom. The van der Waals surface area contributed by atoms with Gasteiger partial charge in [-0.2, -0.15) is 0 Å². The van der Waals surface area contributed by atoms with Crippen LogP contribution in [0.3, 0.4) is 0 Å². The third-order valence-corrected chi connectivity index (χ3v) is 4.27. The molecule has 1 heterocycles. The van der Waals surface area contributed by atoms with E-state index in [2.05, 4.69) is 15.6 Å². The summed E-state index contributed by atoms with van der Waals surface area (Å²) in [4.78, 5) is 16.5. The van der Waals surface area contributed by atoms with Crippen LogP contribution in [0, 0.1) is 0 Å². The number of hydrogen-bond acceptors (Lipinski definition) is 4. The maximum absolute atomic E-state index is 12.4. The van der Waals surface area contributed by atoms with Crippen LogP contribution in [-0.4, -0.2) is 18.0 Å². The maximum atomic E-state index is 12.4. The third-order valence-electron chi connectivity index (χ3n) is 4.02. The molecule has 0 aliphatic carbocycles. The summed E-state index contributed by atoms with van der Waals surface area (Å²) in [6.45, 7) is 1.06. The summed E-state index contributed by atoms with van der Waals surface area (Å²) in [5.41, 5.74) is 3.37. The fraction of sp³-hybridized carbons (Fsp3) is 0.143. The number of ether oxygens (including phenoxy) is 1. The highest BCUT2D eigenvalue weighted by molar-refractivity contribution is 6.30. The van der Waals surface area contributed by atoms with E-state index < -0.39 is 0 Å². The molecule has 5 nitrogen and oxygen atoms in total. The summed E-state index contributed by atoms with van der Waals surface area (Å²) >= 11 is 5.87. The van der Waals surface area contributed by atoms with Crippen molar-refractivity contribution >= 4 is 23.2 Å². The molecule has 0 aliphatic rings. The van der Waals surface area contributed by atoms with Gasteiger partial charge >= 0.3 is 0 Å². The lowest BCUT2D eigenvalue weighted by atomic mass is 10.2. The second-order valence-corrected chi connectivity index (χ2v) is 6.41. The molecule has 0 saturated carbocycles. The van der Waals surface area contributed by atoms with Crippen LogP contribution in [0.25, 0.3) is 0 Å². The Labute approximate surface area is 163 Å². The SMILES string of the molecule is COc1ccc(CNc2cncc(C(=O)NCc3ccc(Cl)cc3)c2)cc1. The Balaban J connectivity index is 1.56. The van der Waals surface area contributed by atoms with Crippen molar-refractivity contribution in [2.45, 2.75) is 13.1 Å². The lowest BCUT2D eigenvalue weighted by Gasteiger charge is -2.09. The van der Waals surface area contributed by atoms with Crippen molar-refractivity contribution in [3.05, 3.63) is 88.7 Å². The van der Waals surface area contributed by atoms with E-state index in [9.17, 15) is 4.79 Å². The molecule has 0 bridgehead atoms. The van der Waals surface area contributed by atoms with Gasteiger partial charge in [0.05, 0.1) is 18.4 Å². The average molecular weight is 382 g/mol. The molecular formula is C21H20ClN3O2. The van der Waals surface area contributed by atoms with Crippen molar-refractivity contribution in [1.82, 2.24) is 10.3 Å². The second-order valence-electron chi connectivity index (χ2n) is 5.97. The van der Waals surface area contributed by atoms with Crippen LogP contribution in [0.4, 0.5) is 5.69 Å². The van der Waals surface area contributed by atoms with Gasteiger partial charge < -0.3 is 15.4 Å².